The molecule has 0 fully saturated rings. The molecule has 0 aliphatic carbocycles. The lowest BCUT2D eigenvalue weighted by Crippen LogP contribution is -2.11. The van der Waals surface area contributed by atoms with Gasteiger partial charge in [0.2, 0.25) is 5.91 Å². The zero-order chi connectivity index (χ0) is 16.1. The summed E-state index contributed by atoms with van der Waals surface area (Å²) in [6.07, 6.45) is 0.806. The number of aromatic nitrogens is 1. The molecule has 0 aliphatic rings. The summed E-state index contributed by atoms with van der Waals surface area (Å²) in [6, 6.07) is 15.5. The highest BCUT2D eigenvalue weighted by Crippen LogP contribution is 2.17. The van der Waals surface area contributed by atoms with Gasteiger partial charge in [0, 0.05) is 21.8 Å². The summed E-state index contributed by atoms with van der Waals surface area (Å²) in [5.74, 6) is -0.415. The predicted molar refractivity (Wildman–Crippen MR) is 92.4 cm³/mol. The summed E-state index contributed by atoms with van der Waals surface area (Å²) in [7, 11) is 0. The third kappa shape index (κ3) is 3.89. The SMILES string of the molecule is CCc1cc(C(N)=O)ccc1Cl.Cc1cc2ccccc2[nH]1. The van der Waals surface area contributed by atoms with Gasteiger partial charge in [-0.25, -0.2) is 0 Å². The second kappa shape index (κ2) is 7.14. The lowest BCUT2D eigenvalue weighted by Gasteiger charge is -2.01. The van der Waals surface area contributed by atoms with E-state index in [4.69, 9.17) is 17.3 Å². The fourth-order valence-electron chi connectivity index (χ4n) is 2.22. The van der Waals surface area contributed by atoms with Crippen LogP contribution in [0.3, 0.4) is 0 Å². The average Bonchev–Trinajstić information content (AvgIpc) is 2.88. The van der Waals surface area contributed by atoms with Crippen LogP contribution >= 0.6 is 11.6 Å². The zero-order valence-electron chi connectivity index (χ0n) is 12.7. The standard InChI is InChI=1S/C9H10ClNO.C9H9N/c1-2-6-5-7(9(11)12)3-4-8(6)10;1-7-6-8-4-2-3-5-9(8)10-7/h3-5H,2H2,1H3,(H2,11,12);2-6,10H,1H3. The molecule has 114 valence electrons. The lowest BCUT2D eigenvalue weighted by molar-refractivity contribution is 0.1000. The Morgan fingerprint density at radius 1 is 1.18 bits per heavy atom. The van der Waals surface area contributed by atoms with Gasteiger partial charge in [0.1, 0.15) is 0 Å². The number of aromatic amines is 1. The number of fused-ring (bicyclic) bond motifs is 1. The van der Waals surface area contributed by atoms with Gasteiger partial charge in [0.25, 0.3) is 0 Å². The van der Waals surface area contributed by atoms with Crippen molar-refractivity contribution in [1.29, 1.82) is 0 Å². The van der Waals surface area contributed by atoms with Gasteiger partial charge in [0.15, 0.2) is 0 Å². The maximum atomic E-state index is 10.8. The minimum absolute atomic E-state index is 0.415. The maximum Gasteiger partial charge on any atom is 0.248 e. The summed E-state index contributed by atoms with van der Waals surface area (Å²) in [5, 5.41) is 1.97. The number of aryl methyl sites for hydroxylation is 2. The van der Waals surface area contributed by atoms with E-state index >= 15 is 0 Å². The Morgan fingerprint density at radius 3 is 2.55 bits per heavy atom. The number of rotatable bonds is 2. The van der Waals surface area contributed by atoms with Crippen LogP contribution in [0.15, 0.2) is 48.5 Å². The molecule has 1 aromatic heterocycles. The number of H-pyrrole nitrogens is 1. The highest BCUT2D eigenvalue weighted by molar-refractivity contribution is 6.31. The Hall–Kier alpha value is -2.26. The van der Waals surface area contributed by atoms with Gasteiger partial charge >= 0.3 is 0 Å². The number of nitrogens with two attached hydrogens (primary N) is 1. The van der Waals surface area contributed by atoms with Gasteiger partial charge in [-0.15, -0.1) is 0 Å². The van der Waals surface area contributed by atoms with Crippen LogP contribution in [0, 0.1) is 6.92 Å². The molecule has 3 rings (SSSR count). The fourth-order valence-corrected chi connectivity index (χ4v) is 2.47. The molecule has 1 amide bonds. The van der Waals surface area contributed by atoms with Gasteiger partial charge in [-0.1, -0.05) is 36.7 Å². The van der Waals surface area contributed by atoms with E-state index in [0.717, 1.165) is 12.0 Å². The van der Waals surface area contributed by atoms with Crippen LogP contribution < -0.4 is 5.73 Å². The van der Waals surface area contributed by atoms with Crippen LogP contribution in [0.5, 0.6) is 0 Å². The minimum Gasteiger partial charge on any atom is -0.366 e. The van der Waals surface area contributed by atoms with E-state index in [2.05, 4.69) is 36.2 Å². The van der Waals surface area contributed by atoms with Crippen molar-refractivity contribution in [1.82, 2.24) is 4.98 Å². The normalized spacial score (nSPS) is 10.1. The van der Waals surface area contributed by atoms with Gasteiger partial charge in [0.05, 0.1) is 0 Å². The van der Waals surface area contributed by atoms with Crippen molar-refractivity contribution in [2.45, 2.75) is 20.3 Å². The highest BCUT2D eigenvalue weighted by Gasteiger charge is 2.03. The van der Waals surface area contributed by atoms with Crippen molar-refractivity contribution in [3.05, 3.63) is 70.4 Å². The third-order valence-corrected chi connectivity index (χ3v) is 3.74. The monoisotopic (exact) mass is 314 g/mol. The van der Waals surface area contributed by atoms with E-state index in [1.807, 2.05) is 13.0 Å². The molecule has 0 atom stereocenters. The number of hydrogen-bond acceptors (Lipinski definition) is 1. The summed E-state index contributed by atoms with van der Waals surface area (Å²) in [6.45, 7) is 4.05. The Bertz CT molecular complexity index is 760. The highest BCUT2D eigenvalue weighted by atomic mass is 35.5. The smallest absolute Gasteiger partial charge is 0.248 e. The van der Waals surface area contributed by atoms with Crippen LogP contribution in [-0.4, -0.2) is 10.9 Å². The molecule has 0 saturated carbocycles. The second-order valence-corrected chi connectivity index (χ2v) is 5.47. The minimum atomic E-state index is -0.415. The van der Waals surface area contributed by atoms with E-state index in [1.165, 1.54) is 16.6 Å². The first kappa shape index (κ1) is 16.1. The molecular formula is C18H19ClN2O. The first-order valence-electron chi connectivity index (χ1n) is 7.14. The molecule has 3 nitrogen and oxygen atoms in total. The maximum absolute atomic E-state index is 10.8. The molecule has 0 saturated heterocycles. The van der Waals surface area contributed by atoms with Crippen LogP contribution in [0.2, 0.25) is 5.02 Å². The lowest BCUT2D eigenvalue weighted by atomic mass is 10.1. The van der Waals surface area contributed by atoms with E-state index in [0.29, 0.717) is 10.6 Å². The quantitative estimate of drug-likeness (QED) is 0.720. The van der Waals surface area contributed by atoms with Crippen LogP contribution in [0.4, 0.5) is 0 Å². The number of halogens is 1. The number of carbonyl (C=O) groups is 1. The fraction of sp³-hybridized carbons (Fsp3) is 0.167. The first-order valence-corrected chi connectivity index (χ1v) is 7.51. The zero-order valence-corrected chi connectivity index (χ0v) is 13.4. The Kier molecular flexibility index (Phi) is 5.23. The number of amides is 1. The van der Waals surface area contributed by atoms with E-state index in [9.17, 15) is 4.79 Å². The molecule has 0 spiro atoms. The summed E-state index contributed by atoms with van der Waals surface area (Å²) in [5.41, 5.74) is 9.01. The Labute approximate surface area is 135 Å². The van der Waals surface area contributed by atoms with Crippen molar-refractivity contribution < 1.29 is 4.79 Å². The molecule has 22 heavy (non-hydrogen) atoms. The number of hydrogen-bond donors (Lipinski definition) is 2. The van der Waals surface area contributed by atoms with Gasteiger partial charge in [-0.3, -0.25) is 4.79 Å². The molecule has 4 heteroatoms. The van der Waals surface area contributed by atoms with Crippen molar-refractivity contribution in [2.24, 2.45) is 5.73 Å². The van der Waals surface area contributed by atoms with E-state index in [1.54, 1.807) is 18.2 Å². The number of para-hydroxylation sites is 1. The van der Waals surface area contributed by atoms with Crippen molar-refractivity contribution in [3.8, 4) is 0 Å². The van der Waals surface area contributed by atoms with Crippen LogP contribution in [-0.2, 0) is 6.42 Å². The van der Waals surface area contributed by atoms with Gasteiger partial charge < -0.3 is 10.7 Å². The number of benzene rings is 2. The summed E-state index contributed by atoms with van der Waals surface area (Å²) < 4.78 is 0. The topological polar surface area (TPSA) is 58.9 Å². The third-order valence-electron chi connectivity index (χ3n) is 3.38. The average molecular weight is 315 g/mol. The molecule has 0 unspecified atom stereocenters. The summed E-state index contributed by atoms with van der Waals surface area (Å²) in [4.78, 5) is 14.0. The molecule has 0 bridgehead atoms. The first-order chi connectivity index (χ1) is 10.5. The molecule has 1 heterocycles. The van der Waals surface area contributed by atoms with Crippen molar-refractivity contribution in [3.63, 3.8) is 0 Å². The Balaban J connectivity index is 0.000000162. The van der Waals surface area contributed by atoms with E-state index in [-0.39, 0.29) is 0 Å². The largest absolute Gasteiger partial charge is 0.366 e. The molecule has 0 aliphatic heterocycles. The predicted octanol–water partition coefficient (Wildman–Crippen LogP) is 4.48. The Morgan fingerprint density at radius 2 is 1.91 bits per heavy atom. The van der Waals surface area contributed by atoms with Gasteiger partial charge in [-0.05, 0) is 54.6 Å². The van der Waals surface area contributed by atoms with E-state index < -0.39 is 5.91 Å². The van der Waals surface area contributed by atoms with Crippen molar-refractivity contribution in [2.75, 3.05) is 0 Å². The molecule has 2 aromatic carbocycles. The number of carbonyl (C=O) groups excluding carboxylic acids is 1. The molecular weight excluding hydrogens is 296 g/mol. The van der Waals surface area contributed by atoms with Gasteiger partial charge in [-0.2, -0.15) is 0 Å². The molecule has 3 aromatic rings. The summed E-state index contributed by atoms with van der Waals surface area (Å²) >= 11 is 5.85. The second-order valence-electron chi connectivity index (χ2n) is 5.06. The number of nitrogens with one attached hydrogen (secondary N) is 1. The van der Waals surface area contributed by atoms with Crippen LogP contribution in [0.1, 0.15) is 28.5 Å². The van der Waals surface area contributed by atoms with Crippen LogP contribution in [0.25, 0.3) is 10.9 Å². The number of primary amides is 1. The van der Waals surface area contributed by atoms with Crippen molar-refractivity contribution >= 4 is 28.4 Å². The molecule has 0 radical (unpaired) electrons. The molecule has 3 N–H and O–H groups in total.